The van der Waals surface area contributed by atoms with Crippen molar-refractivity contribution in [1.29, 1.82) is 0 Å². The predicted octanol–water partition coefficient (Wildman–Crippen LogP) is 2.76. The van der Waals surface area contributed by atoms with E-state index in [-0.39, 0.29) is 31.2 Å². The van der Waals surface area contributed by atoms with Crippen LogP contribution in [0, 0.1) is 0 Å². The Balaban J connectivity index is 2.00. The van der Waals surface area contributed by atoms with Gasteiger partial charge in [0.1, 0.15) is 0 Å². The van der Waals surface area contributed by atoms with Crippen LogP contribution in [0.3, 0.4) is 0 Å². The first kappa shape index (κ1) is 16.4. The normalized spacial score (nSPS) is 30.4. The molecule has 2 rings (SSSR count). The van der Waals surface area contributed by atoms with Crippen LogP contribution >= 0.6 is 0 Å². The molecule has 4 nitrogen and oxygen atoms in total. The number of rotatable bonds is 0. The Kier molecular flexibility index (Phi) is 4.42. The number of aliphatic hydroxyl groups is 1. The summed E-state index contributed by atoms with van der Waals surface area (Å²) in [4.78, 5) is 15.7. The third-order valence-corrected chi connectivity index (χ3v) is 4.80. The zero-order chi connectivity index (χ0) is 15.8. The molecule has 0 aromatic carbocycles. The van der Waals surface area contributed by atoms with Gasteiger partial charge in [-0.2, -0.15) is 13.2 Å². The maximum Gasteiger partial charge on any atom is 0.417 e. The fourth-order valence-electron chi connectivity index (χ4n) is 3.31. The Morgan fingerprint density at radius 2 is 1.62 bits per heavy atom. The zero-order valence-electron chi connectivity index (χ0n) is 12.5. The molecule has 2 fully saturated rings. The van der Waals surface area contributed by atoms with Crippen molar-refractivity contribution in [2.45, 2.75) is 69.8 Å². The first-order valence-corrected chi connectivity index (χ1v) is 7.52. The number of carbonyl (C=O) groups excluding carboxylic acids is 1. The van der Waals surface area contributed by atoms with Gasteiger partial charge in [-0.3, -0.25) is 0 Å². The fraction of sp³-hybridized carbons (Fsp3) is 0.929. The van der Waals surface area contributed by atoms with Gasteiger partial charge in [-0.15, -0.1) is 0 Å². The number of halogens is 3. The summed E-state index contributed by atoms with van der Waals surface area (Å²) in [6, 6.07) is 0.0354. The van der Waals surface area contributed by atoms with Crippen molar-refractivity contribution < 1.29 is 23.1 Å². The second-order valence-electron chi connectivity index (χ2n) is 6.34. The monoisotopic (exact) mass is 308 g/mol. The predicted molar refractivity (Wildman–Crippen MR) is 71.8 cm³/mol. The number of hydrogen-bond donors (Lipinski definition) is 1. The minimum absolute atomic E-state index is 0.0508. The number of likely N-dealkylation sites (tertiary alicyclic amines) is 2. The Bertz CT molecular complexity index is 382. The van der Waals surface area contributed by atoms with Crippen LogP contribution in [0.1, 0.15) is 46.0 Å². The van der Waals surface area contributed by atoms with Crippen LogP contribution in [-0.4, -0.2) is 57.9 Å². The van der Waals surface area contributed by atoms with Gasteiger partial charge in [-0.05, 0) is 33.1 Å². The highest BCUT2D eigenvalue weighted by atomic mass is 19.4. The van der Waals surface area contributed by atoms with Crippen molar-refractivity contribution in [2.24, 2.45) is 0 Å². The lowest BCUT2D eigenvalue weighted by molar-refractivity contribution is -0.271. The number of amides is 2. The van der Waals surface area contributed by atoms with Gasteiger partial charge < -0.3 is 14.9 Å². The van der Waals surface area contributed by atoms with Crippen LogP contribution < -0.4 is 0 Å². The van der Waals surface area contributed by atoms with Gasteiger partial charge in [0.15, 0.2) is 5.60 Å². The van der Waals surface area contributed by atoms with Crippen LogP contribution in [0.5, 0.6) is 0 Å². The average molecular weight is 308 g/mol. The molecule has 21 heavy (non-hydrogen) atoms. The summed E-state index contributed by atoms with van der Waals surface area (Å²) in [6.45, 7) is 3.85. The molecule has 0 saturated carbocycles. The summed E-state index contributed by atoms with van der Waals surface area (Å²) < 4.78 is 38.3. The van der Waals surface area contributed by atoms with E-state index in [1.54, 1.807) is 4.90 Å². The number of alkyl halides is 3. The molecular formula is C14H23F3N2O2. The highest BCUT2D eigenvalue weighted by Crippen LogP contribution is 2.38. The SMILES string of the molecule is CC1CCCC(C)N1C(=O)N1CCC(O)(C(F)(F)F)CC1. The number of piperidine rings is 2. The lowest BCUT2D eigenvalue weighted by atomic mass is 9.90. The van der Waals surface area contributed by atoms with E-state index in [9.17, 15) is 23.1 Å². The van der Waals surface area contributed by atoms with E-state index in [1.807, 2.05) is 13.8 Å². The summed E-state index contributed by atoms with van der Waals surface area (Å²) in [5.74, 6) is 0. The molecule has 2 unspecified atom stereocenters. The summed E-state index contributed by atoms with van der Waals surface area (Å²) in [7, 11) is 0. The quantitative estimate of drug-likeness (QED) is 0.748. The summed E-state index contributed by atoms with van der Waals surface area (Å²) in [5, 5.41) is 9.65. The van der Waals surface area contributed by atoms with Gasteiger partial charge in [0.2, 0.25) is 0 Å². The standard InChI is InChI=1S/C14H23F3N2O2/c1-10-4-3-5-11(2)19(10)12(20)18-8-6-13(21,7-9-18)14(15,16)17/h10-11,21H,3-9H2,1-2H3. The Hall–Kier alpha value is -0.980. The average Bonchev–Trinajstić information content (AvgIpc) is 2.38. The zero-order valence-corrected chi connectivity index (χ0v) is 12.5. The first-order chi connectivity index (χ1) is 9.66. The van der Waals surface area contributed by atoms with E-state index in [0.717, 1.165) is 19.3 Å². The summed E-state index contributed by atoms with van der Waals surface area (Å²) in [6.07, 6.45) is -2.60. The highest BCUT2D eigenvalue weighted by Gasteiger charge is 2.55. The fourth-order valence-corrected chi connectivity index (χ4v) is 3.31. The Morgan fingerprint density at radius 1 is 1.14 bits per heavy atom. The van der Waals surface area contributed by atoms with Crippen LogP contribution in [0.4, 0.5) is 18.0 Å². The number of nitrogens with zero attached hydrogens (tertiary/aromatic N) is 2. The van der Waals surface area contributed by atoms with Gasteiger partial charge >= 0.3 is 12.2 Å². The van der Waals surface area contributed by atoms with Crippen LogP contribution in [-0.2, 0) is 0 Å². The Morgan fingerprint density at radius 3 is 2.05 bits per heavy atom. The molecule has 0 radical (unpaired) electrons. The number of carbonyl (C=O) groups is 1. The molecule has 2 heterocycles. The van der Waals surface area contributed by atoms with Gasteiger partial charge in [0, 0.05) is 38.0 Å². The molecule has 0 aliphatic carbocycles. The van der Waals surface area contributed by atoms with Gasteiger partial charge in [0.05, 0.1) is 0 Å². The molecule has 2 aliphatic heterocycles. The molecule has 2 atom stereocenters. The maximum atomic E-state index is 12.8. The molecule has 2 amide bonds. The highest BCUT2D eigenvalue weighted by molar-refractivity contribution is 5.75. The summed E-state index contributed by atoms with van der Waals surface area (Å²) >= 11 is 0. The molecule has 2 aliphatic rings. The lowest BCUT2D eigenvalue weighted by Crippen LogP contribution is -2.59. The van der Waals surface area contributed by atoms with Gasteiger partial charge in [0.25, 0.3) is 0 Å². The molecule has 0 spiro atoms. The molecule has 0 aromatic heterocycles. The molecule has 0 bridgehead atoms. The van der Waals surface area contributed by atoms with Crippen molar-refractivity contribution >= 4 is 6.03 Å². The van der Waals surface area contributed by atoms with E-state index in [2.05, 4.69) is 0 Å². The van der Waals surface area contributed by atoms with Crippen molar-refractivity contribution in [3.8, 4) is 0 Å². The second-order valence-corrected chi connectivity index (χ2v) is 6.34. The van der Waals surface area contributed by atoms with Crippen LogP contribution in [0.15, 0.2) is 0 Å². The molecular weight excluding hydrogens is 285 g/mol. The third-order valence-electron chi connectivity index (χ3n) is 4.80. The lowest BCUT2D eigenvalue weighted by Gasteiger charge is -2.45. The van der Waals surface area contributed by atoms with Crippen LogP contribution in [0.2, 0.25) is 0 Å². The smallest absolute Gasteiger partial charge is 0.380 e. The second kappa shape index (κ2) is 5.66. The maximum absolute atomic E-state index is 12.8. The molecule has 122 valence electrons. The van der Waals surface area contributed by atoms with Crippen molar-refractivity contribution in [1.82, 2.24) is 9.80 Å². The van der Waals surface area contributed by atoms with Gasteiger partial charge in [-0.1, -0.05) is 0 Å². The van der Waals surface area contributed by atoms with E-state index >= 15 is 0 Å². The molecule has 7 heteroatoms. The van der Waals surface area contributed by atoms with Gasteiger partial charge in [-0.25, -0.2) is 4.79 Å². The van der Waals surface area contributed by atoms with Crippen molar-refractivity contribution in [2.75, 3.05) is 13.1 Å². The minimum Gasteiger partial charge on any atom is -0.380 e. The number of hydrogen-bond acceptors (Lipinski definition) is 2. The van der Waals surface area contributed by atoms with Crippen LogP contribution in [0.25, 0.3) is 0 Å². The molecule has 1 N–H and O–H groups in total. The topological polar surface area (TPSA) is 43.8 Å². The number of urea groups is 1. The Labute approximate surface area is 122 Å². The van der Waals surface area contributed by atoms with E-state index < -0.39 is 24.6 Å². The molecule has 0 aromatic rings. The first-order valence-electron chi connectivity index (χ1n) is 7.52. The van der Waals surface area contributed by atoms with Crippen molar-refractivity contribution in [3.63, 3.8) is 0 Å². The molecule has 2 saturated heterocycles. The van der Waals surface area contributed by atoms with Crippen molar-refractivity contribution in [3.05, 3.63) is 0 Å². The van der Waals surface area contributed by atoms with E-state index in [4.69, 9.17) is 0 Å². The third kappa shape index (κ3) is 3.12. The van der Waals surface area contributed by atoms with E-state index in [1.165, 1.54) is 4.90 Å². The summed E-state index contributed by atoms with van der Waals surface area (Å²) in [5.41, 5.74) is -2.65. The minimum atomic E-state index is -4.63. The largest absolute Gasteiger partial charge is 0.417 e. The van der Waals surface area contributed by atoms with E-state index in [0.29, 0.717) is 0 Å².